The van der Waals surface area contributed by atoms with Gasteiger partial charge in [-0.05, 0) is 37.6 Å². The Morgan fingerprint density at radius 1 is 1.00 bits per heavy atom. The number of para-hydroxylation sites is 1. The van der Waals surface area contributed by atoms with Crippen LogP contribution in [0.3, 0.4) is 0 Å². The van der Waals surface area contributed by atoms with E-state index in [9.17, 15) is 0 Å². The molecule has 0 atom stereocenters. The topological polar surface area (TPSA) is 48.9 Å². The zero-order valence-electron chi connectivity index (χ0n) is 16.8. The number of aliphatic imine (C=N–C) groups is 1. The summed E-state index contributed by atoms with van der Waals surface area (Å²) >= 11 is 0. The average molecular weight is 379 g/mol. The lowest BCUT2D eigenvalue weighted by atomic mass is 10.2. The summed E-state index contributed by atoms with van der Waals surface area (Å²) < 4.78 is 5.70. The summed E-state index contributed by atoms with van der Waals surface area (Å²) in [7, 11) is 0. The van der Waals surface area contributed by atoms with Crippen LogP contribution in [0.5, 0.6) is 5.75 Å². The second kappa shape index (κ2) is 10.4. The normalized spacial score (nSPS) is 13.6. The molecule has 0 saturated carbocycles. The first-order chi connectivity index (χ1) is 13.8. The van der Waals surface area contributed by atoms with Crippen LogP contribution in [-0.4, -0.2) is 32.2 Å². The predicted octanol–water partition coefficient (Wildman–Crippen LogP) is 3.72. The largest absolute Gasteiger partial charge is 0.494 e. The van der Waals surface area contributed by atoms with Crippen LogP contribution in [0.1, 0.15) is 25.0 Å². The fourth-order valence-corrected chi connectivity index (χ4v) is 3.14. The average Bonchev–Trinajstić information content (AvgIpc) is 3.26. The zero-order valence-corrected chi connectivity index (χ0v) is 16.8. The smallest absolute Gasteiger partial charge is 0.191 e. The van der Waals surface area contributed by atoms with Crippen LogP contribution < -0.4 is 20.3 Å². The van der Waals surface area contributed by atoms with E-state index in [2.05, 4.69) is 64.9 Å². The molecule has 0 amide bonds. The Labute approximate surface area is 168 Å². The Hall–Kier alpha value is -2.95. The van der Waals surface area contributed by atoms with E-state index in [4.69, 9.17) is 9.73 Å². The molecule has 5 nitrogen and oxygen atoms in total. The zero-order chi connectivity index (χ0) is 19.6. The van der Waals surface area contributed by atoms with Crippen LogP contribution in [0.2, 0.25) is 0 Å². The molecule has 2 N–H and O–H groups in total. The van der Waals surface area contributed by atoms with Crippen molar-refractivity contribution in [2.75, 3.05) is 31.1 Å². The van der Waals surface area contributed by atoms with Gasteiger partial charge in [-0.3, -0.25) is 0 Å². The van der Waals surface area contributed by atoms with Gasteiger partial charge in [-0.1, -0.05) is 42.5 Å². The third-order valence-corrected chi connectivity index (χ3v) is 4.60. The van der Waals surface area contributed by atoms with Crippen molar-refractivity contribution in [1.82, 2.24) is 10.6 Å². The number of anilines is 1. The molecule has 0 aliphatic carbocycles. The Kier molecular flexibility index (Phi) is 7.36. The molecule has 2 aromatic carbocycles. The quantitative estimate of drug-likeness (QED) is 0.418. The highest BCUT2D eigenvalue weighted by atomic mass is 16.5. The molecular weight excluding hydrogens is 348 g/mol. The lowest BCUT2D eigenvalue weighted by molar-refractivity contribution is 0.336. The van der Waals surface area contributed by atoms with Crippen LogP contribution >= 0.6 is 0 Å². The van der Waals surface area contributed by atoms with Crippen LogP contribution in [0.4, 0.5) is 5.69 Å². The molecule has 1 aliphatic heterocycles. The first-order valence-corrected chi connectivity index (χ1v) is 10.0. The lowest BCUT2D eigenvalue weighted by Crippen LogP contribution is -2.36. The van der Waals surface area contributed by atoms with Crippen LogP contribution in [0.15, 0.2) is 65.7 Å². The summed E-state index contributed by atoms with van der Waals surface area (Å²) in [5.74, 6) is 1.72. The van der Waals surface area contributed by atoms with Crippen LogP contribution in [0, 0.1) is 0 Å². The van der Waals surface area contributed by atoms with E-state index in [0.29, 0.717) is 19.7 Å². The van der Waals surface area contributed by atoms with E-state index in [-0.39, 0.29) is 0 Å². The molecule has 1 heterocycles. The third kappa shape index (κ3) is 5.52. The van der Waals surface area contributed by atoms with E-state index in [1.807, 2.05) is 25.1 Å². The Morgan fingerprint density at radius 3 is 2.46 bits per heavy atom. The third-order valence-electron chi connectivity index (χ3n) is 4.60. The van der Waals surface area contributed by atoms with Crippen molar-refractivity contribution < 1.29 is 4.74 Å². The molecular formula is C23H30N4O. The van der Waals surface area contributed by atoms with Crippen molar-refractivity contribution in [2.45, 2.75) is 26.9 Å². The molecule has 0 radical (unpaired) electrons. The van der Waals surface area contributed by atoms with Crippen molar-refractivity contribution in [3.05, 3.63) is 71.8 Å². The van der Waals surface area contributed by atoms with Gasteiger partial charge in [-0.2, -0.15) is 0 Å². The molecule has 148 valence electrons. The summed E-state index contributed by atoms with van der Waals surface area (Å²) in [5, 5.41) is 6.72. The van der Waals surface area contributed by atoms with E-state index < -0.39 is 0 Å². The molecule has 0 aromatic heterocycles. The van der Waals surface area contributed by atoms with Crippen LogP contribution in [0.25, 0.3) is 0 Å². The second-order valence-electron chi connectivity index (χ2n) is 6.63. The number of nitrogens with one attached hydrogen (secondary N) is 2. The number of rotatable bonds is 8. The Bertz CT molecular complexity index is 791. The first kappa shape index (κ1) is 19.8. The summed E-state index contributed by atoms with van der Waals surface area (Å²) in [6, 6.07) is 16.8. The summed E-state index contributed by atoms with van der Waals surface area (Å²) in [4.78, 5) is 7.07. The summed E-state index contributed by atoms with van der Waals surface area (Å²) in [6.07, 6.45) is 4.41. The van der Waals surface area contributed by atoms with Crippen molar-refractivity contribution in [1.29, 1.82) is 0 Å². The minimum absolute atomic E-state index is 0.640. The minimum Gasteiger partial charge on any atom is -0.494 e. The predicted molar refractivity (Wildman–Crippen MR) is 117 cm³/mol. The van der Waals surface area contributed by atoms with Gasteiger partial charge in [0.2, 0.25) is 0 Å². The fraction of sp³-hybridized carbons (Fsp3) is 0.348. The number of ether oxygens (including phenoxy) is 1. The van der Waals surface area contributed by atoms with Gasteiger partial charge in [0.1, 0.15) is 5.75 Å². The van der Waals surface area contributed by atoms with Crippen LogP contribution in [-0.2, 0) is 13.1 Å². The van der Waals surface area contributed by atoms with Crippen molar-refractivity contribution in [3.8, 4) is 5.75 Å². The number of hydrogen-bond acceptors (Lipinski definition) is 3. The Morgan fingerprint density at radius 2 is 1.75 bits per heavy atom. The molecule has 0 unspecified atom stereocenters. The number of hydrogen-bond donors (Lipinski definition) is 2. The van der Waals surface area contributed by atoms with Gasteiger partial charge < -0.3 is 20.3 Å². The molecule has 0 spiro atoms. The highest BCUT2D eigenvalue weighted by Gasteiger charge is 2.07. The van der Waals surface area contributed by atoms with Gasteiger partial charge >= 0.3 is 0 Å². The van der Waals surface area contributed by atoms with Crippen molar-refractivity contribution in [3.63, 3.8) is 0 Å². The minimum atomic E-state index is 0.640. The van der Waals surface area contributed by atoms with E-state index in [1.165, 1.54) is 11.3 Å². The molecule has 1 aliphatic rings. The molecule has 5 heteroatoms. The maximum Gasteiger partial charge on any atom is 0.191 e. The maximum atomic E-state index is 5.70. The van der Waals surface area contributed by atoms with Crippen molar-refractivity contribution in [2.24, 2.45) is 4.99 Å². The first-order valence-electron chi connectivity index (χ1n) is 10.0. The fourth-order valence-electron chi connectivity index (χ4n) is 3.14. The number of benzene rings is 2. The highest BCUT2D eigenvalue weighted by molar-refractivity contribution is 5.79. The summed E-state index contributed by atoms with van der Waals surface area (Å²) in [5.41, 5.74) is 3.58. The Balaban J connectivity index is 1.59. The standard InChI is InChI=1S/C23H30N4O/c1-3-24-23(26-18-20-9-5-6-10-22(20)28-4-2)25-17-19-11-13-21(14-12-19)27-15-7-8-16-27/h5-14H,3-4,15-18H2,1-2H3,(H2,24,25,26). The molecule has 0 bridgehead atoms. The summed E-state index contributed by atoms with van der Waals surface area (Å²) in [6.45, 7) is 8.86. The number of guanidine groups is 1. The van der Waals surface area contributed by atoms with Gasteiger partial charge in [-0.25, -0.2) is 4.99 Å². The van der Waals surface area contributed by atoms with Gasteiger partial charge in [0.25, 0.3) is 0 Å². The molecule has 3 rings (SSSR count). The molecule has 0 fully saturated rings. The monoisotopic (exact) mass is 378 g/mol. The van der Waals surface area contributed by atoms with Gasteiger partial charge in [0.15, 0.2) is 5.96 Å². The van der Waals surface area contributed by atoms with E-state index in [1.54, 1.807) is 0 Å². The van der Waals surface area contributed by atoms with Gasteiger partial charge in [-0.15, -0.1) is 0 Å². The van der Waals surface area contributed by atoms with Gasteiger partial charge in [0, 0.05) is 37.4 Å². The number of nitrogens with zero attached hydrogens (tertiary/aromatic N) is 2. The van der Waals surface area contributed by atoms with Crippen molar-refractivity contribution >= 4 is 11.6 Å². The van der Waals surface area contributed by atoms with E-state index >= 15 is 0 Å². The SMILES string of the molecule is CCNC(=NCc1ccc(N2CC=CC2)cc1)NCc1ccccc1OCC. The second-order valence-corrected chi connectivity index (χ2v) is 6.63. The molecule has 28 heavy (non-hydrogen) atoms. The van der Waals surface area contributed by atoms with E-state index in [0.717, 1.165) is 36.9 Å². The van der Waals surface area contributed by atoms with Gasteiger partial charge in [0.05, 0.1) is 13.2 Å². The highest BCUT2D eigenvalue weighted by Crippen LogP contribution is 2.19. The lowest BCUT2D eigenvalue weighted by Gasteiger charge is -2.17. The maximum absolute atomic E-state index is 5.70. The molecule has 2 aromatic rings. The molecule has 0 saturated heterocycles.